The van der Waals surface area contributed by atoms with Gasteiger partial charge < -0.3 is 10.1 Å². The van der Waals surface area contributed by atoms with E-state index in [-0.39, 0.29) is 35.6 Å². The van der Waals surface area contributed by atoms with Crippen molar-refractivity contribution in [3.63, 3.8) is 0 Å². The van der Waals surface area contributed by atoms with E-state index >= 15 is 0 Å². The molecule has 4 rings (SSSR count). The van der Waals surface area contributed by atoms with Crippen LogP contribution in [0.25, 0.3) is 0 Å². The predicted octanol–water partition coefficient (Wildman–Crippen LogP) is 4.45. The van der Waals surface area contributed by atoms with Crippen LogP contribution in [-0.2, 0) is 14.8 Å². The quantitative estimate of drug-likeness (QED) is 0.525. The summed E-state index contributed by atoms with van der Waals surface area (Å²) in [5.41, 5.74) is 2.58. The third-order valence-corrected chi connectivity index (χ3v) is 8.34. The Morgan fingerprint density at radius 3 is 2.03 bits per heavy atom. The van der Waals surface area contributed by atoms with Crippen molar-refractivity contribution in [2.24, 2.45) is 5.92 Å². The normalized spacial score (nSPS) is 16.0. The van der Waals surface area contributed by atoms with Crippen LogP contribution in [0.5, 0.6) is 5.75 Å². The van der Waals surface area contributed by atoms with Crippen LogP contribution in [0.15, 0.2) is 77.7 Å². The molecule has 1 heterocycles. The third kappa shape index (κ3) is 5.71. The standard InChI is InChI=1S/C27H29FN2O4S/c1-19-3-13-25(14-4-19)35(32,33)30-17-15-22(16-18-30)27(31)29-26(20-5-9-23(28)10-6-20)21-7-11-24(34-2)12-8-21/h3-14,22,26H,15-18H2,1-2H3,(H,29,31). The minimum Gasteiger partial charge on any atom is -0.497 e. The SMILES string of the molecule is COc1ccc(C(NC(=O)C2CCN(S(=O)(=O)c3ccc(C)cc3)CC2)c2ccc(F)cc2)cc1. The van der Waals surface area contributed by atoms with Crippen molar-refractivity contribution in [2.75, 3.05) is 20.2 Å². The molecule has 1 fully saturated rings. The van der Waals surface area contributed by atoms with Gasteiger partial charge in [-0.15, -0.1) is 0 Å². The Morgan fingerprint density at radius 2 is 1.49 bits per heavy atom. The van der Waals surface area contributed by atoms with Crippen LogP contribution in [0.1, 0.15) is 35.6 Å². The number of nitrogens with one attached hydrogen (secondary N) is 1. The van der Waals surface area contributed by atoms with Gasteiger partial charge in [0.2, 0.25) is 15.9 Å². The van der Waals surface area contributed by atoms with Crippen molar-refractivity contribution in [1.29, 1.82) is 0 Å². The molecule has 1 aliphatic rings. The van der Waals surface area contributed by atoms with Gasteiger partial charge >= 0.3 is 0 Å². The summed E-state index contributed by atoms with van der Waals surface area (Å²) < 4.78 is 46.2. The van der Waals surface area contributed by atoms with Gasteiger partial charge in [0.05, 0.1) is 18.0 Å². The van der Waals surface area contributed by atoms with Gasteiger partial charge in [0, 0.05) is 19.0 Å². The third-order valence-electron chi connectivity index (χ3n) is 6.42. The minimum absolute atomic E-state index is 0.150. The molecule has 0 radical (unpaired) electrons. The van der Waals surface area contributed by atoms with Gasteiger partial charge in [-0.3, -0.25) is 4.79 Å². The van der Waals surface area contributed by atoms with Crippen molar-refractivity contribution in [3.05, 3.63) is 95.3 Å². The summed E-state index contributed by atoms with van der Waals surface area (Å²) in [6, 6.07) is 19.7. The van der Waals surface area contributed by atoms with E-state index in [1.54, 1.807) is 43.5 Å². The number of piperidine rings is 1. The Bertz CT molecular complexity index is 1250. The maximum absolute atomic E-state index is 13.5. The van der Waals surface area contributed by atoms with Gasteiger partial charge in [-0.1, -0.05) is 42.0 Å². The molecule has 1 unspecified atom stereocenters. The van der Waals surface area contributed by atoms with Gasteiger partial charge in [0.1, 0.15) is 11.6 Å². The lowest BCUT2D eigenvalue weighted by molar-refractivity contribution is -0.126. The maximum atomic E-state index is 13.5. The average Bonchev–Trinajstić information content (AvgIpc) is 2.88. The molecule has 1 aliphatic heterocycles. The minimum atomic E-state index is -3.59. The lowest BCUT2D eigenvalue weighted by atomic mass is 9.94. The van der Waals surface area contributed by atoms with Gasteiger partial charge in [-0.05, 0) is 67.3 Å². The summed E-state index contributed by atoms with van der Waals surface area (Å²) in [5.74, 6) is -0.126. The second kappa shape index (κ2) is 10.6. The Hall–Kier alpha value is -3.23. The van der Waals surface area contributed by atoms with Gasteiger partial charge in [-0.25, -0.2) is 12.8 Å². The fourth-order valence-electron chi connectivity index (χ4n) is 4.29. The summed E-state index contributed by atoms with van der Waals surface area (Å²) in [6.07, 6.45) is 0.853. The molecule has 6 nitrogen and oxygen atoms in total. The molecule has 1 N–H and O–H groups in total. The number of sulfonamides is 1. The first-order valence-corrected chi connectivity index (χ1v) is 13.0. The zero-order chi connectivity index (χ0) is 25.0. The van der Waals surface area contributed by atoms with E-state index in [1.165, 1.54) is 16.4 Å². The average molecular weight is 497 g/mol. The van der Waals surface area contributed by atoms with Gasteiger partial charge in [0.15, 0.2) is 0 Å². The van der Waals surface area contributed by atoms with Crippen LogP contribution in [0.2, 0.25) is 0 Å². The summed E-state index contributed by atoms with van der Waals surface area (Å²) in [4.78, 5) is 13.5. The molecule has 0 saturated carbocycles. The predicted molar refractivity (Wildman–Crippen MR) is 132 cm³/mol. The molecular formula is C27H29FN2O4S. The molecule has 0 spiro atoms. The van der Waals surface area contributed by atoms with Crippen molar-refractivity contribution >= 4 is 15.9 Å². The molecule has 3 aromatic carbocycles. The van der Waals surface area contributed by atoms with Crippen molar-refractivity contribution in [3.8, 4) is 5.75 Å². The molecule has 1 saturated heterocycles. The van der Waals surface area contributed by atoms with E-state index in [2.05, 4.69) is 5.32 Å². The highest BCUT2D eigenvalue weighted by Gasteiger charge is 2.33. The van der Waals surface area contributed by atoms with Crippen molar-refractivity contribution in [2.45, 2.75) is 30.7 Å². The summed E-state index contributed by atoms with van der Waals surface area (Å²) in [5, 5.41) is 3.10. The van der Waals surface area contributed by atoms with E-state index in [9.17, 15) is 17.6 Å². The molecule has 1 amide bonds. The highest BCUT2D eigenvalue weighted by atomic mass is 32.2. The Kier molecular flexibility index (Phi) is 7.52. The number of nitrogens with zero attached hydrogens (tertiary/aromatic N) is 1. The first-order chi connectivity index (χ1) is 16.8. The monoisotopic (exact) mass is 496 g/mol. The fraction of sp³-hybridized carbons (Fsp3) is 0.296. The van der Waals surface area contributed by atoms with Crippen LogP contribution in [0.3, 0.4) is 0 Å². The lowest BCUT2D eigenvalue weighted by Crippen LogP contribution is -2.43. The summed E-state index contributed by atoms with van der Waals surface area (Å²) in [6.45, 7) is 2.46. The largest absolute Gasteiger partial charge is 0.497 e. The molecule has 0 aliphatic carbocycles. The van der Waals surface area contributed by atoms with E-state index in [1.807, 2.05) is 31.2 Å². The second-order valence-electron chi connectivity index (χ2n) is 8.76. The maximum Gasteiger partial charge on any atom is 0.243 e. The number of hydrogen-bond acceptors (Lipinski definition) is 4. The van der Waals surface area contributed by atoms with E-state index in [0.29, 0.717) is 18.6 Å². The number of rotatable bonds is 7. The molecule has 8 heteroatoms. The van der Waals surface area contributed by atoms with Crippen LogP contribution >= 0.6 is 0 Å². The van der Waals surface area contributed by atoms with E-state index in [0.717, 1.165) is 16.7 Å². The number of methoxy groups -OCH3 is 1. The first-order valence-electron chi connectivity index (χ1n) is 11.5. The summed E-state index contributed by atoms with van der Waals surface area (Å²) >= 11 is 0. The number of benzene rings is 3. The fourth-order valence-corrected chi connectivity index (χ4v) is 5.76. The number of carbonyl (C=O) groups excluding carboxylic acids is 1. The molecule has 1 atom stereocenters. The molecule has 3 aromatic rings. The zero-order valence-corrected chi connectivity index (χ0v) is 20.6. The zero-order valence-electron chi connectivity index (χ0n) is 19.8. The first kappa shape index (κ1) is 24.9. The second-order valence-corrected chi connectivity index (χ2v) is 10.7. The van der Waals surface area contributed by atoms with Crippen molar-refractivity contribution in [1.82, 2.24) is 9.62 Å². The molecular weight excluding hydrogens is 467 g/mol. The molecule has 184 valence electrons. The van der Waals surface area contributed by atoms with Crippen LogP contribution in [-0.4, -0.2) is 38.8 Å². The van der Waals surface area contributed by atoms with Crippen molar-refractivity contribution < 1.29 is 22.3 Å². The molecule has 0 bridgehead atoms. The molecule has 35 heavy (non-hydrogen) atoms. The number of ether oxygens (including phenoxy) is 1. The number of amides is 1. The van der Waals surface area contributed by atoms with E-state index in [4.69, 9.17) is 4.74 Å². The van der Waals surface area contributed by atoms with E-state index < -0.39 is 16.1 Å². The smallest absolute Gasteiger partial charge is 0.243 e. The van der Waals surface area contributed by atoms with Crippen LogP contribution < -0.4 is 10.1 Å². The number of aryl methyl sites for hydroxylation is 1. The molecule has 0 aromatic heterocycles. The Morgan fingerprint density at radius 1 is 0.943 bits per heavy atom. The Balaban J connectivity index is 1.46. The highest BCUT2D eigenvalue weighted by Crippen LogP contribution is 2.28. The van der Waals surface area contributed by atoms with Gasteiger partial charge in [-0.2, -0.15) is 4.31 Å². The van der Waals surface area contributed by atoms with Crippen LogP contribution in [0.4, 0.5) is 4.39 Å². The highest BCUT2D eigenvalue weighted by molar-refractivity contribution is 7.89. The van der Waals surface area contributed by atoms with Crippen LogP contribution in [0, 0.1) is 18.7 Å². The number of carbonyl (C=O) groups is 1. The van der Waals surface area contributed by atoms with Gasteiger partial charge in [0.25, 0.3) is 0 Å². The topological polar surface area (TPSA) is 75.7 Å². The number of halogens is 1. The number of hydrogen-bond donors (Lipinski definition) is 1. The Labute approximate surface area is 205 Å². The summed E-state index contributed by atoms with van der Waals surface area (Å²) in [7, 11) is -2.01. The lowest BCUT2D eigenvalue weighted by Gasteiger charge is -2.31.